The number of hydrogen-bond acceptors (Lipinski definition) is 4. The second kappa shape index (κ2) is 8.08. The molecule has 0 unspecified atom stereocenters. The Bertz CT molecular complexity index is 1320. The Morgan fingerprint density at radius 1 is 1.08 bits per heavy atom. The Morgan fingerprint density at radius 2 is 1.79 bits per heavy atom. The molecule has 0 aromatic carbocycles. The molecular formula is C33H46N4O2. The van der Waals surface area contributed by atoms with Gasteiger partial charge in [-0.3, -0.25) is 9.48 Å². The number of nitrogens with zero attached hydrogens (tertiary/aromatic N) is 4. The first-order valence-corrected chi connectivity index (χ1v) is 15.0. The normalized spacial score (nSPS) is 44.3. The smallest absolute Gasteiger partial charge is 0.203 e. The van der Waals surface area contributed by atoms with Crippen molar-refractivity contribution in [3.8, 4) is 0 Å². The number of aromatic nitrogens is 3. The Morgan fingerprint density at radius 3 is 2.46 bits per heavy atom. The van der Waals surface area contributed by atoms with E-state index >= 15 is 0 Å². The summed E-state index contributed by atoms with van der Waals surface area (Å²) < 4.78 is 2.01. The van der Waals surface area contributed by atoms with Crippen LogP contribution in [0.2, 0.25) is 0 Å². The molecule has 0 aliphatic heterocycles. The number of aliphatic hydroxyl groups excluding tert-OH is 1. The molecular weight excluding hydrogens is 484 g/mol. The molecule has 6 nitrogen and oxygen atoms in total. The van der Waals surface area contributed by atoms with E-state index in [4.69, 9.17) is 6.57 Å². The van der Waals surface area contributed by atoms with Crippen molar-refractivity contribution >= 4 is 5.78 Å². The molecule has 7 atom stereocenters. The summed E-state index contributed by atoms with van der Waals surface area (Å²) in [6.07, 6.45) is 13.6. The summed E-state index contributed by atoms with van der Waals surface area (Å²) in [7, 11) is 0. The predicted molar refractivity (Wildman–Crippen MR) is 151 cm³/mol. The van der Waals surface area contributed by atoms with E-state index in [0.29, 0.717) is 23.8 Å². The van der Waals surface area contributed by atoms with Crippen molar-refractivity contribution < 1.29 is 9.90 Å². The summed E-state index contributed by atoms with van der Waals surface area (Å²) in [6.45, 7) is 24.8. The van der Waals surface area contributed by atoms with Gasteiger partial charge in [0.25, 0.3) is 0 Å². The van der Waals surface area contributed by atoms with Gasteiger partial charge in [-0.2, -0.15) is 5.10 Å². The number of allylic oxidation sites excluding steroid dienone is 4. The predicted octanol–water partition coefficient (Wildman–Crippen LogP) is 7.56. The topological polar surface area (TPSA) is 72.4 Å². The van der Waals surface area contributed by atoms with Crippen molar-refractivity contribution in [2.75, 3.05) is 0 Å². The van der Waals surface area contributed by atoms with Gasteiger partial charge in [0, 0.05) is 17.9 Å². The van der Waals surface area contributed by atoms with Gasteiger partial charge in [0.2, 0.25) is 5.70 Å². The van der Waals surface area contributed by atoms with Crippen LogP contribution in [0.4, 0.5) is 0 Å². The first-order valence-electron chi connectivity index (χ1n) is 15.0. The maximum absolute atomic E-state index is 14.6. The van der Waals surface area contributed by atoms with Crippen LogP contribution < -0.4 is 0 Å². The minimum Gasteiger partial charge on any atom is -0.523 e. The fraction of sp³-hybridized carbons (Fsp3) is 0.758. The van der Waals surface area contributed by atoms with E-state index in [1.807, 2.05) is 11.0 Å². The SMILES string of the molecule is [C-]#[N+]C1=C(O)C(C)(C)[C@@H]2CC[C@]3(C)C(=CC(=O)[C@@H]4[C@@H]5CC(C)(C)CC[C@]5(Cn5cncn5)CC[C@]43C)[C@@]2(C)C1. The quantitative estimate of drug-likeness (QED) is 0.401. The minimum atomic E-state index is -0.483. The molecule has 5 aliphatic rings. The second-order valence-electron chi connectivity index (χ2n) is 15.9. The number of fused-ring (bicyclic) bond motifs is 7. The molecule has 0 amide bonds. The molecule has 3 fully saturated rings. The molecule has 5 aliphatic carbocycles. The molecule has 210 valence electrons. The highest BCUT2D eigenvalue weighted by molar-refractivity contribution is 5.95. The largest absolute Gasteiger partial charge is 0.523 e. The van der Waals surface area contributed by atoms with Crippen molar-refractivity contribution in [3.63, 3.8) is 0 Å². The maximum atomic E-state index is 14.6. The second-order valence-corrected chi connectivity index (χ2v) is 15.9. The zero-order chi connectivity index (χ0) is 28.2. The number of aliphatic hydroxyl groups is 1. The first kappa shape index (κ1) is 26.8. The molecule has 0 bridgehead atoms. The van der Waals surface area contributed by atoms with E-state index in [1.165, 1.54) is 12.0 Å². The summed E-state index contributed by atoms with van der Waals surface area (Å²) in [5, 5.41) is 15.6. The lowest BCUT2D eigenvalue weighted by Crippen LogP contribution is -2.65. The van der Waals surface area contributed by atoms with Crippen molar-refractivity contribution in [1.82, 2.24) is 14.8 Å². The van der Waals surface area contributed by atoms with Gasteiger partial charge in [0.1, 0.15) is 18.4 Å². The van der Waals surface area contributed by atoms with E-state index in [-0.39, 0.29) is 44.7 Å². The molecule has 0 spiro atoms. The number of carbonyl (C=O) groups excluding carboxylic acids is 1. The van der Waals surface area contributed by atoms with Crippen molar-refractivity contribution in [2.24, 2.45) is 50.2 Å². The van der Waals surface area contributed by atoms with E-state index in [0.717, 1.165) is 45.1 Å². The van der Waals surface area contributed by atoms with E-state index in [9.17, 15) is 9.90 Å². The van der Waals surface area contributed by atoms with Crippen molar-refractivity contribution in [2.45, 2.75) is 106 Å². The third kappa shape index (κ3) is 3.40. The molecule has 6 heteroatoms. The summed E-state index contributed by atoms with van der Waals surface area (Å²) in [5.74, 6) is 1.06. The van der Waals surface area contributed by atoms with Gasteiger partial charge in [-0.1, -0.05) is 54.0 Å². The van der Waals surface area contributed by atoms with Gasteiger partial charge in [-0.05, 0) is 96.4 Å². The third-order valence-electron chi connectivity index (χ3n) is 13.2. The Kier molecular flexibility index (Phi) is 5.55. The lowest BCUT2D eigenvalue weighted by Gasteiger charge is -2.70. The Hall–Kier alpha value is -2.42. The van der Waals surface area contributed by atoms with Crippen molar-refractivity contribution in [3.05, 3.63) is 47.2 Å². The van der Waals surface area contributed by atoms with Gasteiger partial charge in [-0.25, -0.2) is 9.83 Å². The van der Waals surface area contributed by atoms with Crippen LogP contribution in [0.5, 0.6) is 0 Å². The highest BCUT2D eigenvalue weighted by Crippen LogP contribution is 2.75. The molecule has 6 rings (SSSR count). The summed E-state index contributed by atoms with van der Waals surface area (Å²) >= 11 is 0. The van der Waals surface area contributed by atoms with Gasteiger partial charge in [0.15, 0.2) is 5.78 Å². The number of rotatable bonds is 2. The van der Waals surface area contributed by atoms with Crippen LogP contribution in [0.1, 0.15) is 99.8 Å². The van der Waals surface area contributed by atoms with E-state index in [1.54, 1.807) is 6.33 Å². The number of carbonyl (C=O) groups is 1. The molecule has 3 saturated carbocycles. The van der Waals surface area contributed by atoms with Gasteiger partial charge < -0.3 is 5.11 Å². The van der Waals surface area contributed by atoms with E-state index < -0.39 is 5.41 Å². The maximum Gasteiger partial charge on any atom is 0.203 e. The fourth-order valence-electron chi connectivity index (χ4n) is 10.9. The van der Waals surface area contributed by atoms with Crippen LogP contribution in [0.25, 0.3) is 4.85 Å². The molecule has 1 aromatic heterocycles. The molecule has 1 heterocycles. The van der Waals surface area contributed by atoms with Gasteiger partial charge in [0.05, 0.1) is 6.57 Å². The Labute approximate surface area is 234 Å². The fourth-order valence-corrected chi connectivity index (χ4v) is 10.9. The summed E-state index contributed by atoms with van der Waals surface area (Å²) in [5.41, 5.74) is 0.958. The summed E-state index contributed by atoms with van der Waals surface area (Å²) in [6, 6.07) is 0. The number of ketones is 1. The minimum absolute atomic E-state index is 0.0101. The van der Waals surface area contributed by atoms with Gasteiger partial charge in [-0.15, -0.1) is 0 Å². The van der Waals surface area contributed by atoms with Crippen LogP contribution in [-0.2, 0) is 11.3 Å². The van der Waals surface area contributed by atoms with Crippen LogP contribution in [0.3, 0.4) is 0 Å². The average Bonchev–Trinajstić information content (AvgIpc) is 3.36. The third-order valence-corrected chi connectivity index (χ3v) is 13.2. The monoisotopic (exact) mass is 530 g/mol. The molecule has 0 saturated heterocycles. The van der Waals surface area contributed by atoms with Crippen molar-refractivity contribution in [1.29, 1.82) is 0 Å². The summed E-state index contributed by atoms with van der Waals surface area (Å²) in [4.78, 5) is 22.6. The first-order chi connectivity index (χ1) is 18.1. The zero-order valence-electron chi connectivity index (χ0n) is 25.0. The molecule has 39 heavy (non-hydrogen) atoms. The lowest BCUT2D eigenvalue weighted by molar-refractivity contribution is -0.175. The standard InChI is InChI=1S/C33H46N4O2/c1-28(2)11-13-33(18-37-20-35-19-36-37)14-12-32(7)26(21(33)16-28)23(38)15-25-30(5)17-22(34-8)27(39)29(3,4)24(30)9-10-31(25,32)6/h15,19-21,24,26,39H,9-14,16-18H2,1-7H3/t21-,24-,26-,30-,31+,32+,33+/m0/s1. The van der Waals surface area contributed by atoms with Crippen LogP contribution in [0.15, 0.2) is 35.8 Å². The molecule has 1 aromatic rings. The molecule has 1 N–H and O–H groups in total. The zero-order valence-corrected chi connectivity index (χ0v) is 25.0. The lowest BCUT2D eigenvalue weighted by atomic mass is 9.34. The van der Waals surface area contributed by atoms with Gasteiger partial charge >= 0.3 is 0 Å². The van der Waals surface area contributed by atoms with Crippen LogP contribution in [0, 0.1) is 56.8 Å². The highest BCUT2D eigenvalue weighted by atomic mass is 16.3. The highest BCUT2D eigenvalue weighted by Gasteiger charge is 2.69. The van der Waals surface area contributed by atoms with E-state index in [2.05, 4.69) is 69.5 Å². The number of hydrogen-bond donors (Lipinski definition) is 1. The van der Waals surface area contributed by atoms with Crippen LogP contribution in [-0.4, -0.2) is 25.7 Å². The average molecular weight is 531 g/mol. The molecule has 0 radical (unpaired) electrons. The van der Waals surface area contributed by atoms with Crippen LogP contribution >= 0.6 is 0 Å². The Balaban J connectivity index is 1.49.